The first-order chi connectivity index (χ1) is 14.9. The van der Waals surface area contributed by atoms with E-state index < -0.39 is 0 Å². The normalized spacial score (nSPS) is 11.0. The minimum atomic E-state index is -0.386. The van der Waals surface area contributed by atoms with E-state index >= 15 is 0 Å². The number of carbonyl (C=O) groups excluding carboxylic acids is 1. The highest BCUT2D eigenvalue weighted by atomic mass is 32.2. The molecule has 0 aliphatic rings. The Morgan fingerprint density at radius 1 is 1.16 bits per heavy atom. The Balaban J connectivity index is 1.42. The minimum absolute atomic E-state index is 0.0477. The van der Waals surface area contributed by atoms with Crippen molar-refractivity contribution < 1.29 is 18.1 Å². The van der Waals surface area contributed by atoms with Gasteiger partial charge in [-0.25, -0.2) is 8.78 Å². The molecule has 0 fully saturated rings. The van der Waals surface area contributed by atoms with Gasteiger partial charge in [0, 0.05) is 18.3 Å². The van der Waals surface area contributed by atoms with Gasteiger partial charge in [-0.3, -0.25) is 4.79 Å². The van der Waals surface area contributed by atoms with Crippen LogP contribution in [0.25, 0.3) is 23.1 Å². The molecule has 0 atom stereocenters. The molecule has 1 amide bonds. The van der Waals surface area contributed by atoms with E-state index in [9.17, 15) is 13.6 Å². The molecule has 4 aromatic rings. The standard InChI is InChI=1S/C20H16F2N6O2S/c1-11-3-8-14(9-15(11)22)23-16(29)10-31-20-26-25-18(28(20)2)19-24-17(27-30-19)12-4-6-13(21)7-5-12/h3-9H,10H2,1-2H3,(H,23,29). The third-order valence-corrected chi connectivity index (χ3v) is 5.36. The maximum absolute atomic E-state index is 13.6. The lowest BCUT2D eigenvalue weighted by molar-refractivity contribution is -0.113. The Kier molecular flexibility index (Phi) is 5.76. The molecule has 31 heavy (non-hydrogen) atoms. The highest BCUT2D eigenvalue weighted by molar-refractivity contribution is 7.99. The smallest absolute Gasteiger partial charge is 0.296 e. The molecule has 1 N–H and O–H groups in total. The maximum Gasteiger partial charge on any atom is 0.296 e. The van der Waals surface area contributed by atoms with E-state index in [1.54, 1.807) is 42.8 Å². The van der Waals surface area contributed by atoms with Crippen LogP contribution in [0.1, 0.15) is 5.56 Å². The van der Waals surface area contributed by atoms with Gasteiger partial charge in [0.1, 0.15) is 11.6 Å². The van der Waals surface area contributed by atoms with E-state index in [4.69, 9.17) is 4.52 Å². The summed E-state index contributed by atoms with van der Waals surface area (Å²) in [7, 11) is 1.70. The molecule has 8 nitrogen and oxygen atoms in total. The summed E-state index contributed by atoms with van der Waals surface area (Å²) in [6.45, 7) is 1.65. The predicted octanol–water partition coefficient (Wildman–Crippen LogP) is 3.85. The van der Waals surface area contributed by atoms with Crippen molar-refractivity contribution in [3.05, 3.63) is 59.7 Å². The summed E-state index contributed by atoms with van der Waals surface area (Å²) in [5, 5.41) is 15.1. The van der Waals surface area contributed by atoms with Gasteiger partial charge in [-0.2, -0.15) is 4.98 Å². The van der Waals surface area contributed by atoms with Crippen molar-refractivity contribution in [2.75, 3.05) is 11.1 Å². The van der Waals surface area contributed by atoms with Gasteiger partial charge in [-0.05, 0) is 48.9 Å². The fourth-order valence-corrected chi connectivity index (χ4v) is 3.37. The first kappa shape index (κ1) is 20.7. The average Bonchev–Trinajstić information content (AvgIpc) is 3.36. The van der Waals surface area contributed by atoms with Crippen LogP contribution in [-0.2, 0) is 11.8 Å². The van der Waals surface area contributed by atoms with Crippen LogP contribution in [0.4, 0.5) is 14.5 Å². The first-order valence-electron chi connectivity index (χ1n) is 9.09. The van der Waals surface area contributed by atoms with E-state index in [0.717, 1.165) is 11.8 Å². The number of halogens is 2. The van der Waals surface area contributed by atoms with Crippen molar-refractivity contribution >= 4 is 23.4 Å². The Hall–Kier alpha value is -3.60. The molecule has 0 bridgehead atoms. The summed E-state index contributed by atoms with van der Waals surface area (Å²) in [6.07, 6.45) is 0. The van der Waals surface area contributed by atoms with Crippen molar-refractivity contribution in [3.63, 3.8) is 0 Å². The molecule has 2 aromatic heterocycles. The summed E-state index contributed by atoms with van der Waals surface area (Å²) < 4.78 is 33.6. The van der Waals surface area contributed by atoms with E-state index in [1.165, 1.54) is 18.2 Å². The molecule has 0 spiro atoms. The summed E-state index contributed by atoms with van der Waals surface area (Å²) in [4.78, 5) is 16.4. The quantitative estimate of drug-likeness (QED) is 0.453. The second-order valence-corrected chi connectivity index (χ2v) is 7.54. The number of benzene rings is 2. The zero-order valence-corrected chi connectivity index (χ0v) is 17.3. The number of aromatic nitrogens is 5. The van der Waals surface area contributed by atoms with Gasteiger partial charge in [-0.15, -0.1) is 10.2 Å². The van der Waals surface area contributed by atoms with Crippen LogP contribution in [0.2, 0.25) is 0 Å². The van der Waals surface area contributed by atoms with Gasteiger partial charge < -0.3 is 14.4 Å². The SMILES string of the molecule is Cc1ccc(NC(=O)CSc2nnc(-c3nc(-c4ccc(F)cc4)no3)n2C)cc1F. The van der Waals surface area contributed by atoms with Gasteiger partial charge in [0.2, 0.25) is 17.6 Å². The topological polar surface area (TPSA) is 98.7 Å². The number of hydrogen-bond donors (Lipinski definition) is 1. The van der Waals surface area contributed by atoms with E-state index in [0.29, 0.717) is 27.8 Å². The number of anilines is 1. The highest BCUT2D eigenvalue weighted by Gasteiger charge is 2.19. The van der Waals surface area contributed by atoms with Crippen LogP contribution in [-0.4, -0.2) is 36.6 Å². The fourth-order valence-electron chi connectivity index (χ4n) is 2.66. The summed E-state index contributed by atoms with van der Waals surface area (Å²) >= 11 is 1.15. The summed E-state index contributed by atoms with van der Waals surface area (Å²) in [5.74, 6) is -0.259. The largest absolute Gasteiger partial charge is 0.330 e. The van der Waals surface area contributed by atoms with Gasteiger partial charge in [0.25, 0.3) is 5.89 Å². The average molecular weight is 442 g/mol. The number of amides is 1. The predicted molar refractivity (Wildman–Crippen MR) is 110 cm³/mol. The van der Waals surface area contributed by atoms with Crippen molar-refractivity contribution in [1.82, 2.24) is 24.9 Å². The van der Waals surface area contributed by atoms with Crippen LogP contribution in [0.5, 0.6) is 0 Å². The lowest BCUT2D eigenvalue weighted by Crippen LogP contribution is -2.14. The maximum atomic E-state index is 13.6. The molecule has 158 valence electrons. The number of hydrogen-bond acceptors (Lipinski definition) is 7. The zero-order valence-electron chi connectivity index (χ0n) is 16.5. The molecule has 0 aliphatic heterocycles. The van der Waals surface area contributed by atoms with Gasteiger partial charge in [-0.1, -0.05) is 23.0 Å². The van der Waals surface area contributed by atoms with Crippen molar-refractivity contribution in [3.8, 4) is 23.1 Å². The molecule has 4 rings (SSSR count). The van der Waals surface area contributed by atoms with Crippen molar-refractivity contribution in [2.45, 2.75) is 12.1 Å². The molecular weight excluding hydrogens is 426 g/mol. The van der Waals surface area contributed by atoms with Crippen molar-refractivity contribution in [1.29, 1.82) is 0 Å². The Morgan fingerprint density at radius 3 is 2.68 bits per heavy atom. The first-order valence-corrected chi connectivity index (χ1v) is 10.1. The molecule has 2 aromatic carbocycles. The van der Waals surface area contributed by atoms with Crippen LogP contribution in [0.3, 0.4) is 0 Å². The minimum Gasteiger partial charge on any atom is -0.330 e. The van der Waals surface area contributed by atoms with E-state index in [2.05, 4.69) is 25.7 Å². The van der Waals surface area contributed by atoms with Gasteiger partial charge >= 0.3 is 0 Å². The monoisotopic (exact) mass is 442 g/mol. The fraction of sp³-hybridized carbons (Fsp3) is 0.150. The Labute approximate surface area is 179 Å². The number of nitrogens with zero attached hydrogens (tertiary/aromatic N) is 5. The van der Waals surface area contributed by atoms with Gasteiger partial charge in [0.15, 0.2) is 5.16 Å². The molecular formula is C20H16F2N6O2S. The van der Waals surface area contributed by atoms with E-state index in [-0.39, 0.29) is 35.0 Å². The number of aryl methyl sites for hydroxylation is 1. The third-order valence-electron chi connectivity index (χ3n) is 4.34. The highest BCUT2D eigenvalue weighted by Crippen LogP contribution is 2.24. The van der Waals surface area contributed by atoms with E-state index in [1.807, 2.05) is 0 Å². The second-order valence-electron chi connectivity index (χ2n) is 6.60. The lowest BCUT2D eigenvalue weighted by atomic mass is 10.2. The molecule has 0 unspecified atom stereocenters. The molecule has 11 heteroatoms. The Bertz CT molecular complexity index is 1240. The van der Waals surface area contributed by atoms with Crippen molar-refractivity contribution in [2.24, 2.45) is 7.05 Å². The lowest BCUT2D eigenvalue weighted by Gasteiger charge is -2.06. The number of carbonyl (C=O) groups is 1. The molecule has 0 radical (unpaired) electrons. The summed E-state index contributed by atoms with van der Waals surface area (Å²) in [5.41, 5.74) is 1.48. The number of thioether (sulfide) groups is 1. The second kappa shape index (κ2) is 8.64. The molecule has 2 heterocycles. The number of rotatable bonds is 6. The summed E-state index contributed by atoms with van der Waals surface area (Å²) in [6, 6.07) is 10.2. The van der Waals surface area contributed by atoms with Crippen LogP contribution < -0.4 is 5.32 Å². The zero-order chi connectivity index (χ0) is 22.0. The molecule has 0 saturated heterocycles. The van der Waals surface area contributed by atoms with Gasteiger partial charge in [0.05, 0.1) is 5.75 Å². The Morgan fingerprint density at radius 2 is 1.94 bits per heavy atom. The van der Waals surface area contributed by atoms with Crippen LogP contribution in [0.15, 0.2) is 52.1 Å². The molecule has 0 saturated carbocycles. The third kappa shape index (κ3) is 4.61. The van der Waals surface area contributed by atoms with Crippen LogP contribution >= 0.6 is 11.8 Å². The number of nitrogens with one attached hydrogen (secondary N) is 1. The molecule has 0 aliphatic carbocycles. The van der Waals surface area contributed by atoms with Crippen LogP contribution in [0, 0.1) is 18.6 Å².